The highest BCUT2D eigenvalue weighted by molar-refractivity contribution is 5.69. The number of ether oxygens (including phenoxy) is 2. The maximum Gasteiger partial charge on any atom is 0.306 e. The summed E-state index contributed by atoms with van der Waals surface area (Å²) < 4.78 is 10.1. The fourth-order valence-corrected chi connectivity index (χ4v) is 1.78. The summed E-state index contributed by atoms with van der Waals surface area (Å²) in [5, 5.41) is 0. The van der Waals surface area contributed by atoms with E-state index >= 15 is 0 Å². The molecule has 0 amide bonds. The molecule has 0 saturated heterocycles. The van der Waals surface area contributed by atoms with Gasteiger partial charge >= 0.3 is 5.97 Å². The van der Waals surface area contributed by atoms with Gasteiger partial charge in [-0.2, -0.15) is 0 Å². The first kappa shape index (κ1) is 16.4. The Hall–Kier alpha value is -0.570. The first-order chi connectivity index (χ1) is 8.20. The molecule has 0 N–H and O–H groups in total. The standard InChI is InChI=1S/C14H28O3/c1-4-5-6-7-8-9-10-11-14(15)17-13(2)12-16-3/h13H,4-12H2,1-3H3. The molecule has 0 bridgehead atoms. The Morgan fingerprint density at radius 2 is 1.65 bits per heavy atom. The second kappa shape index (κ2) is 11.9. The molecule has 0 heterocycles. The van der Waals surface area contributed by atoms with E-state index in [9.17, 15) is 4.79 Å². The SMILES string of the molecule is CCCCCCCCCC(=O)OC(C)COC. The molecular formula is C14H28O3. The van der Waals surface area contributed by atoms with Gasteiger partial charge in [0.2, 0.25) is 0 Å². The summed E-state index contributed by atoms with van der Waals surface area (Å²) in [4.78, 5) is 11.4. The highest BCUT2D eigenvalue weighted by Crippen LogP contribution is 2.09. The summed E-state index contributed by atoms with van der Waals surface area (Å²) in [7, 11) is 1.61. The second-order valence-corrected chi connectivity index (χ2v) is 4.63. The summed E-state index contributed by atoms with van der Waals surface area (Å²) in [6, 6.07) is 0. The summed E-state index contributed by atoms with van der Waals surface area (Å²) in [6.45, 7) is 4.55. The monoisotopic (exact) mass is 244 g/mol. The third-order valence-corrected chi connectivity index (χ3v) is 2.72. The molecule has 0 aliphatic carbocycles. The molecule has 0 saturated carbocycles. The summed E-state index contributed by atoms with van der Waals surface area (Å²) in [5.41, 5.74) is 0. The summed E-state index contributed by atoms with van der Waals surface area (Å²) >= 11 is 0. The first-order valence-corrected chi connectivity index (χ1v) is 6.89. The molecule has 17 heavy (non-hydrogen) atoms. The van der Waals surface area contributed by atoms with Gasteiger partial charge in [-0.3, -0.25) is 4.79 Å². The van der Waals surface area contributed by atoms with Crippen LogP contribution in [0.5, 0.6) is 0 Å². The molecule has 0 aliphatic heterocycles. The minimum atomic E-state index is -0.128. The van der Waals surface area contributed by atoms with E-state index in [1.165, 1.54) is 32.1 Å². The molecule has 0 aromatic heterocycles. The highest BCUT2D eigenvalue weighted by atomic mass is 16.6. The van der Waals surface area contributed by atoms with E-state index in [2.05, 4.69) is 6.92 Å². The van der Waals surface area contributed by atoms with Gasteiger partial charge in [0.25, 0.3) is 0 Å². The maximum absolute atomic E-state index is 11.4. The Morgan fingerprint density at radius 1 is 1.06 bits per heavy atom. The molecule has 1 atom stereocenters. The quantitative estimate of drug-likeness (QED) is 0.410. The normalized spacial score (nSPS) is 12.4. The van der Waals surface area contributed by atoms with Crippen molar-refractivity contribution < 1.29 is 14.3 Å². The van der Waals surface area contributed by atoms with Gasteiger partial charge in [-0.1, -0.05) is 45.4 Å². The van der Waals surface area contributed by atoms with Crippen LogP contribution in [0.4, 0.5) is 0 Å². The van der Waals surface area contributed by atoms with Crippen molar-refractivity contribution >= 4 is 5.97 Å². The van der Waals surface area contributed by atoms with Crippen molar-refractivity contribution in [3.05, 3.63) is 0 Å². The number of carbonyl (C=O) groups is 1. The third kappa shape index (κ3) is 11.7. The Labute approximate surface area is 106 Å². The van der Waals surface area contributed by atoms with Crippen LogP contribution in [0, 0.1) is 0 Å². The van der Waals surface area contributed by atoms with Crippen molar-refractivity contribution in [2.45, 2.75) is 71.3 Å². The van der Waals surface area contributed by atoms with Gasteiger partial charge in [-0.05, 0) is 13.3 Å². The predicted molar refractivity (Wildman–Crippen MR) is 70.0 cm³/mol. The average molecular weight is 244 g/mol. The third-order valence-electron chi connectivity index (χ3n) is 2.72. The van der Waals surface area contributed by atoms with Crippen molar-refractivity contribution in [1.82, 2.24) is 0 Å². The minimum Gasteiger partial charge on any atom is -0.460 e. The van der Waals surface area contributed by atoms with Gasteiger partial charge < -0.3 is 9.47 Å². The topological polar surface area (TPSA) is 35.5 Å². The number of rotatable bonds is 11. The van der Waals surface area contributed by atoms with Crippen molar-refractivity contribution in [3.63, 3.8) is 0 Å². The molecule has 1 unspecified atom stereocenters. The molecule has 3 nitrogen and oxygen atoms in total. The minimum absolute atomic E-state index is 0.0943. The predicted octanol–water partition coefficient (Wildman–Crippen LogP) is 3.71. The molecule has 0 spiro atoms. The zero-order valence-corrected chi connectivity index (χ0v) is 11.7. The van der Waals surface area contributed by atoms with Gasteiger partial charge in [-0.25, -0.2) is 0 Å². The number of methoxy groups -OCH3 is 1. The smallest absolute Gasteiger partial charge is 0.306 e. The average Bonchev–Trinajstić information content (AvgIpc) is 2.28. The van der Waals surface area contributed by atoms with Gasteiger partial charge in [0.1, 0.15) is 6.10 Å². The molecular weight excluding hydrogens is 216 g/mol. The van der Waals surface area contributed by atoms with Crippen molar-refractivity contribution in [1.29, 1.82) is 0 Å². The van der Waals surface area contributed by atoms with Crippen LogP contribution in [0.15, 0.2) is 0 Å². The Morgan fingerprint density at radius 3 is 2.24 bits per heavy atom. The number of unbranched alkanes of at least 4 members (excludes halogenated alkanes) is 6. The first-order valence-electron chi connectivity index (χ1n) is 6.89. The maximum atomic E-state index is 11.4. The lowest BCUT2D eigenvalue weighted by atomic mass is 10.1. The molecule has 0 aliphatic rings. The van der Waals surface area contributed by atoms with Gasteiger partial charge in [0.05, 0.1) is 6.61 Å². The Bertz CT molecular complexity index is 180. The fourth-order valence-electron chi connectivity index (χ4n) is 1.78. The number of hydrogen-bond acceptors (Lipinski definition) is 3. The highest BCUT2D eigenvalue weighted by Gasteiger charge is 2.08. The van der Waals surface area contributed by atoms with E-state index in [0.29, 0.717) is 13.0 Å². The zero-order valence-electron chi connectivity index (χ0n) is 11.7. The van der Waals surface area contributed by atoms with Crippen LogP contribution in [0.25, 0.3) is 0 Å². The van der Waals surface area contributed by atoms with Crippen LogP contribution in [0.2, 0.25) is 0 Å². The molecule has 0 aromatic carbocycles. The molecule has 0 fully saturated rings. The van der Waals surface area contributed by atoms with E-state index in [1.54, 1.807) is 7.11 Å². The van der Waals surface area contributed by atoms with Crippen LogP contribution < -0.4 is 0 Å². The number of hydrogen-bond donors (Lipinski definition) is 0. The van der Waals surface area contributed by atoms with E-state index in [0.717, 1.165) is 12.8 Å². The lowest BCUT2D eigenvalue weighted by Gasteiger charge is -2.11. The van der Waals surface area contributed by atoms with E-state index < -0.39 is 0 Å². The fraction of sp³-hybridized carbons (Fsp3) is 0.929. The van der Waals surface area contributed by atoms with Gasteiger partial charge in [0, 0.05) is 13.5 Å². The van der Waals surface area contributed by atoms with Crippen molar-refractivity contribution in [3.8, 4) is 0 Å². The zero-order chi connectivity index (χ0) is 12.9. The van der Waals surface area contributed by atoms with Crippen LogP contribution >= 0.6 is 0 Å². The largest absolute Gasteiger partial charge is 0.460 e. The van der Waals surface area contributed by atoms with Crippen LogP contribution in [-0.2, 0) is 14.3 Å². The van der Waals surface area contributed by atoms with E-state index in [-0.39, 0.29) is 12.1 Å². The number of carbonyl (C=O) groups excluding carboxylic acids is 1. The molecule has 0 aromatic rings. The second-order valence-electron chi connectivity index (χ2n) is 4.63. The number of esters is 1. The van der Waals surface area contributed by atoms with Crippen LogP contribution in [0.1, 0.15) is 65.2 Å². The van der Waals surface area contributed by atoms with Crippen molar-refractivity contribution in [2.75, 3.05) is 13.7 Å². The van der Waals surface area contributed by atoms with Crippen LogP contribution in [-0.4, -0.2) is 25.8 Å². The van der Waals surface area contributed by atoms with Crippen molar-refractivity contribution in [2.24, 2.45) is 0 Å². The lowest BCUT2D eigenvalue weighted by molar-refractivity contribution is -0.150. The summed E-state index contributed by atoms with van der Waals surface area (Å²) in [5.74, 6) is -0.0943. The van der Waals surface area contributed by atoms with E-state index in [1.807, 2.05) is 6.92 Å². The molecule has 0 rings (SSSR count). The Kier molecular flexibility index (Phi) is 11.5. The van der Waals surface area contributed by atoms with E-state index in [4.69, 9.17) is 9.47 Å². The van der Waals surface area contributed by atoms with Gasteiger partial charge in [-0.15, -0.1) is 0 Å². The summed E-state index contributed by atoms with van der Waals surface area (Å²) in [6.07, 6.45) is 8.97. The Balaban J connectivity index is 3.27. The molecule has 3 heteroatoms. The molecule has 0 radical (unpaired) electrons. The molecule has 102 valence electrons. The van der Waals surface area contributed by atoms with Gasteiger partial charge in [0.15, 0.2) is 0 Å². The van der Waals surface area contributed by atoms with Crippen LogP contribution in [0.3, 0.4) is 0 Å². The lowest BCUT2D eigenvalue weighted by Crippen LogP contribution is -2.19.